The van der Waals surface area contributed by atoms with Crippen LogP contribution >= 0.6 is 0 Å². The quantitative estimate of drug-likeness (QED) is 0.296. The molecule has 0 saturated heterocycles. The number of sulfonamides is 1. The van der Waals surface area contributed by atoms with Gasteiger partial charge in [0.2, 0.25) is 10.0 Å². The van der Waals surface area contributed by atoms with Crippen LogP contribution in [0, 0.1) is 5.82 Å². The fourth-order valence-corrected chi connectivity index (χ4v) is 4.53. The summed E-state index contributed by atoms with van der Waals surface area (Å²) < 4.78 is 82.7. The first-order valence-electron chi connectivity index (χ1n) is 9.32. The number of alkyl halides is 3. The number of aryl methyl sites for hydroxylation is 1. The highest BCUT2D eigenvalue weighted by Gasteiger charge is 2.42. The van der Waals surface area contributed by atoms with E-state index in [1.165, 1.54) is 6.92 Å². The number of nitrogens with one attached hydrogen (secondary N) is 1. The zero-order valence-corrected chi connectivity index (χ0v) is 17.8. The van der Waals surface area contributed by atoms with E-state index in [9.17, 15) is 30.8 Å². The zero-order chi connectivity index (χ0) is 23.1. The highest BCUT2D eigenvalue weighted by Crippen LogP contribution is 2.36. The maximum Gasteiger partial charge on any atom is 0.334 e. The van der Waals surface area contributed by atoms with E-state index in [1.807, 2.05) is 0 Å². The molecule has 1 fully saturated rings. The number of hydrogen-bond donors (Lipinski definition) is 1. The lowest BCUT2D eigenvalue weighted by molar-refractivity contribution is 0.224. The summed E-state index contributed by atoms with van der Waals surface area (Å²) in [6, 6.07) is 1.77. The lowest BCUT2D eigenvalue weighted by Gasteiger charge is -2.13. The third kappa shape index (κ3) is 4.56. The lowest BCUT2D eigenvalue weighted by Crippen LogP contribution is -2.34. The largest absolute Gasteiger partial charge is 0.334 e. The second-order valence-corrected chi connectivity index (χ2v) is 9.24. The van der Waals surface area contributed by atoms with Crippen molar-refractivity contribution >= 4 is 32.6 Å². The second-order valence-electron chi connectivity index (χ2n) is 7.59. The summed E-state index contributed by atoms with van der Waals surface area (Å²) in [7, 11) is -4.26. The number of rotatable bonds is 7. The molecule has 0 bridgehead atoms. The number of benzene rings is 1. The summed E-state index contributed by atoms with van der Waals surface area (Å²) in [5.74, 6) is -1.29. The molecule has 13 heteroatoms. The monoisotopic (exact) mass is 463 g/mol. The molecule has 170 valence electrons. The van der Waals surface area contributed by atoms with Crippen molar-refractivity contribution < 1.29 is 26.0 Å². The van der Waals surface area contributed by atoms with Crippen LogP contribution in [0.3, 0.4) is 0 Å². The number of aromatic nitrogens is 2. The molecule has 0 spiro atoms. The number of nitrogens with zero attached hydrogens (tertiary/aromatic N) is 4. The third-order valence-corrected chi connectivity index (χ3v) is 6.61. The average Bonchev–Trinajstić information content (AvgIpc) is 3.33. The van der Waals surface area contributed by atoms with Crippen molar-refractivity contribution in [3.8, 4) is 0 Å². The van der Waals surface area contributed by atoms with Crippen LogP contribution in [0.25, 0.3) is 11.0 Å². The molecule has 2 aromatic rings. The van der Waals surface area contributed by atoms with E-state index in [1.54, 1.807) is 6.92 Å². The molecule has 0 aliphatic heterocycles. The van der Waals surface area contributed by atoms with Gasteiger partial charge in [-0.2, -0.15) is 5.10 Å². The standard InChI is InChI=1S/C18H21F4N5O3S/c1-10(16(21)22)23-24-11(2)27-14-9-15(31(29,30)25-18(3)4-5-18)12(20)8-13(14)26(7-6-19)17(27)28/h8-9,16,25H,4-7H2,1-3H3/b23-10+,24-11+. The maximum atomic E-state index is 14.7. The molecule has 1 aliphatic rings. The van der Waals surface area contributed by atoms with E-state index >= 15 is 0 Å². The first kappa shape index (κ1) is 23.1. The molecule has 1 heterocycles. The van der Waals surface area contributed by atoms with Gasteiger partial charge in [-0.25, -0.2) is 40.1 Å². The van der Waals surface area contributed by atoms with E-state index in [-0.39, 0.29) is 16.9 Å². The molecule has 0 amide bonds. The van der Waals surface area contributed by atoms with Gasteiger partial charge in [-0.15, -0.1) is 5.10 Å². The molecule has 0 unspecified atom stereocenters. The third-order valence-electron chi connectivity index (χ3n) is 4.95. The molecule has 1 aromatic carbocycles. The Labute approximate surface area is 175 Å². The van der Waals surface area contributed by atoms with Gasteiger partial charge in [-0.05, 0) is 39.7 Å². The van der Waals surface area contributed by atoms with Crippen molar-refractivity contribution in [2.24, 2.45) is 10.2 Å². The number of halogens is 4. The molecule has 1 N–H and O–H groups in total. The van der Waals surface area contributed by atoms with Gasteiger partial charge < -0.3 is 0 Å². The lowest BCUT2D eigenvalue weighted by atomic mass is 10.3. The predicted molar refractivity (Wildman–Crippen MR) is 108 cm³/mol. The minimum absolute atomic E-state index is 0.0687. The molecule has 1 saturated carbocycles. The number of hydrogen-bond acceptors (Lipinski definition) is 5. The molecule has 0 radical (unpaired) electrons. The van der Waals surface area contributed by atoms with Crippen LogP contribution < -0.4 is 10.4 Å². The van der Waals surface area contributed by atoms with E-state index in [0.29, 0.717) is 12.8 Å². The van der Waals surface area contributed by atoms with Crippen molar-refractivity contribution in [1.29, 1.82) is 0 Å². The second kappa shape index (κ2) is 8.19. The van der Waals surface area contributed by atoms with E-state index < -0.39 is 57.3 Å². The van der Waals surface area contributed by atoms with Crippen LogP contribution in [-0.2, 0) is 16.6 Å². The van der Waals surface area contributed by atoms with Gasteiger partial charge in [0.15, 0.2) is 0 Å². The average molecular weight is 463 g/mol. The van der Waals surface area contributed by atoms with Gasteiger partial charge >= 0.3 is 5.69 Å². The van der Waals surface area contributed by atoms with Crippen molar-refractivity contribution in [3.05, 3.63) is 28.4 Å². The maximum absolute atomic E-state index is 14.7. The molecular formula is C18H21F4N5O3S. The number of imidazole rings is 1. The number of fused-ring (bicyclic) bond motifs is 1. The Bertz CT molecular complexity index is 1240. The summed E-state index contributed by atoms with van der Waals surface area (Å²) in [5.41, 5.74) is -2.25. The normalized spacial score (nSPS) is 17.0. The van der Waals surface area contributed by atoms with Gasteiger partial charge in [0.05, 0.1) is 17.6 Å². The van der Waals surface area contributed by atoms with Crippen LogP contribution in [0.5, 0.6) is 0 Å². The van der Waals surface area contributed by atoms with Crippen LogP contribution in [0.1, 0.15) is 33.6 Å². The van der Waals surface area contributed by atoms with Gasteiger partial charge in [0, 0.05) is 11.6 Å². The fraction of sp³-hybridized carbons (Fsp3) is 0.500. The molecule has 31 heavy (non-hydrogen) atoms. The van der Waals surface area contributed by atoms with Crippen LogP contribution in [0.4, 0.5) is 17.6 Å². The summed E-state index contributed by atoms with van der Waals surface area (Å²) in [4.78, 5) is 12.1. The van der Waals surface area contributed by atoms with Crippen molar-refractivity contribution in [2.75, 3.05) is 6.67 Å². The topological polar surface area (TPSA) is 97.8 Å². The first-order valence-corrected chi connectivity index (χ1v) is 10.8. The Kier molecular flexibility index (Phi) is 6.11. The first-order chi connectivity index (χ1) is 14.4. The summed E-state index contributed by atoms with van der Waals surface area (Å²) in [6.45, 7) is 2.63. The van der Waals surface area contributed by atoms with E-state index in [0.717, 1.165) is 28.2 Å². The Morgan fingerprint density at radius 2 is 1.87 bits per heavy atom. The summed E-state index contributed by atoms with van der Waals surface area (Å²) in [6.07, 6.45) is -1.66. The highest BCUT2D eigenvalue weighted by molar-refractivity contribution is 7.89. The Balaban J connectivity index is 2.24. The Morgan fingerprint density at radius 3 is 2.42 bits per heavy atom. The molecule has 8 nitrogen and oxygen atoms in total. The van der Waals surface area contributed by atoms with Crippen molar-refractivity contribution in [3.63, 3.8) is 0 Å². The molecule has 3 rings (SSSR count). The molecular weight excluding hydrogens is 442 g/mol. The molecule has 0 atom stereocenters. The Morgan fingerprint density at radius 1 is 1.23 bits per heavy atom. The van der Waals surface area contributed by atoms with E-state index in [4.69, 9.17) is 0 Å². The predicted octanol–water partition coefficient (Wildman–Crippen LogP) is 2.65. The molecule has 1 aromatic heterocycles. The van der Waals surface area contributed by atoms with Crippen molar-refractivity contribution in [2.45, 2.75) is 57.0 Å². The zero-order valence-electron chi connectivity index (χ0n) is 17.0. The smallest absolute Gasteiger partial charge is 0.289 e. The molecule has 1 aliphatic carbocycles. The highest BCUT2D eigenvalue weighted by atomic mass is 32.2. The van der Waals surface area contributed by atoms with Gasteiger partial charge in [0.1, 0.15) is 28.9 Å². The van der Waals surface area contributed by atoms with Gasteiger partial charge in [-0.3, -0.25) is 4.57 Å². The summed E-state index contributed by atoms with van der Waals surface area (Å²) >= 11 is 0. The summed E-state index contributed by atoms with van der Waals surface area (Å²) in [5, 5.41) is 6.96. The van der Waals surface area contributed by atoms with Crippen LogP contribution in [0.15, 0.2) is 32.0 Å². The van der Waals surface area contributed by atoms with Gasteiger partial charge in [-0.1, -0.05) is 0 Å². The van der Waals surface area contributed by atoms with Crippen LogP contribution in [-0.4, -0.2) is 47.7 Å². The van der Waals surface area contributed by atoms with Gasteiger partial charge in [0.25, 0.3) is 6.43 Å². The minimum atomic E-state index is -4.26. The van der Waals surface area contributed by atoms with Crippen LogP contribution in [0.2, 0.25) is 0 Å². The minimum Gasteiger partial charge on any atom is -0.289 e. The SMILES string of the molecule is C/C(=N\N=C(/C)n1c(=O)n(CCF)c2cc(F)c(S(=O)(=O)NC3(C)CC3)cc21)C(F)F. The Hall–Kier alpha value is -2.54. The van der Waals surface area contributed by atoms with E-state index in [2.05, 4.69) is 14.9 Å². The van der Waals surface area contributed by atoms with Crippen molar-refractivity contribution in [1.82, 2.24) is 13.9 Å². The fourth-order valence-electron chi connectivity index (χ4n) is 2.98.